The van der Waals surface area contributed by atoms with E-state index in [0.717, 1.165) is 11.4 Å². The van der Waals surface area contributed by atoms with Crippen molar-refractivity contribution in [1.29, 1.82) is 0 Å². The van der Waals surface area contributed by atoms with Gasteiger partial charge in [-0.05, 0) is 17.2 Å². The second-order valence-corrected chi connectivity index (χ2v) is 3.60. The summed E-state index contributed by atoms with van der Waals surface area (Å²) >= 11 is 0. The molecule has 4 nitrogen and oxygen atoms in total. The lowest BCUT2D eigenvalue weighted by Gasteiger charge is -2.08. The summed E-state index contributed by atoms with van der Waals surface area (Å²) < 4.78 is 7.65. The second-order valence-electron chi connectivity index (χ2n) is 3.60. The van der Waals surface area contributed by atoms with Crippen molar-refractivity contribution in [1.82, 2.24) is 15.5 Å². The maximum Gasteiger partial charge on any atom is 0.123 e. The molecule has 15 heavy (non-hydrogen) atoms. The molecular formula is C11H12N4. The molecule has 0 atom stereocenters. The average Bonchev–Trinajstić information content (AvgIpc) is 2.86. The Morgan fingerprint density at radius 2 is 2.40 bits per heavy atom. The van der Waals surface area contributed by atoms with E-state index in [1.54, 1.807) is 11.5 Å². The second kappa shape index (κ2) is 3.40. The van der Waals surface area contributed by atoms with Gasteiger partial charge in [-0.3, -0.25) is 5.10 Å². The van der Waals surface area contributed by atoms with Crippen molar-refractivity contribution < 1.29 is 1.41 Å². The summed E-state index contributed by atoms with van der Waals surface area (Å²) in [5, 5.41) is 11.5. The third kappa shape index (κ3) is 1.49. The summed E-state index contributed by atoms with van der Waals surface area (Å²) in [5.74, 6) is 0. The van der Waals surface area contributed by atoms with Crippen molar-refractivity contribution in [2.45, 2.75) is 13.1 Å². The highest BCUT2D eigenvalue weighted by Gasteiger charge is 2.13. The Balaban J connectivity index is 1.94. The number of benzene rings is 1. The Morgan fingerprint density at radius 3 is 3.27 bits per heavy atom. The van der Waals surface area contributed by atoms with Gasteiger partial charge < -0.3 is 10.6 Å². The van der Waals surface area contributed by atoms with Crippen LogP contribution in [-0.4, -0.2) is 10.2 Å². The number of nitrogens with zero attached hydrogens (tertiary/aromatic N) is 1. The van der Waals surface area contributed by atoms with Gasteiger partial charge in [0, 0.05) is 25.0 Å². The van der Waals surface area contributed by atoms with Gasteiger partial charge in [0.25, 0.3) is 0 Å². The number of H-pyrrole nitrogens is 1. The summed E-state index contributed by atoms with van der Waals surface area (Å²) in [7, 11) is 0. The van der Waals surface area contributed by atoms with E-state index in [0.29, 0.717) is 13.1 Å². The maximum absolute atomic E-state index is 7.65. The molecule has 2 aromatic rings. The predicted octanol–water partition coefficient (Wildman–Crippen LogP) is 1.76. The van der Waals surface area contributed by atoms with Gasteiger partial charge in [0.2, 0.25) is 0 Å². The van der Waals surface area contributed by atoms with Crippen molar-refractivity contribution in [2.24, 2.45) is 0 Å². The fourth-order valence-corrected chi connectivity index (χ4v) is 1.85. The van der Waals surface area contributed by atoms with E-state index in [-0.39, 0.29) is 0 Å². The minimum atomic E-state index is 0.677. The fraction of sp³-hybridized carbons (Fsp3) is 0.182. The van der Waals surface area contributed by atoms with Crippen LogP contribution in [0.4, 0.5) is 11.4 Å². The standard InChI is InChI=1S/C11H12N4/c1-2-8-4-12-7-10(8)11(3-1)15-9-5-13-14-6-9/h1-3,5-6,12,15H,4,7H2,(H,13,14)/i/hD. The number of rotatable bonds is 2. The Labute approximate surface area is 89.2 Å². The largest absolute Gasteiger partial charge is 0.353 e. The summed E-state index contributed by atoms with van der Waals surface area (Å²) in [4.78, 5) is 0. The van der Waals surface area contributed by atoms with E-state index in [9.17, 15) is 0 Å². The van der Waals surface area contributed by atoms with Gasteiger partial charge in [0.05, 0.1) is 11.9 Å². The van der Waals surface area contributed by atoms with E-state index in [1.807, 2.05) is 18.3 Å². The SMILES string of the molecule is [2H]N1Cc2cccc(Nc3cn[nH]c3)c2C1. The Bertz CT molecular complexity index is 495. The van der Waals surface area contributed by atoms with Crippen molar-refractivity contribution >= 4 is 11.4 Å². The summed E-state index contributed by atoms with van der Waals surface area (Å²) in [6, 6.07) is 6.12. The number of fused-ring (bicyclic) bond motifs is 1. The number of nitrogens with one attached hydrogen (secondary N) is 3. The van der Waals surface area contributed by atoms with Crippen LogP contribution in [-0.2, 0) is 13.1 Å². The van der Waals surface area contributed by atoms with Crippen molar-refractivity contribution in [3.8, 4) is 0 Å². The number of anilines is 2. The third-order valence-electron chi connectivity index (χ3n) is 2.60. The first-order chi connectivity index (χ1) is 7.83. The molecule has 3 rings (SSSR count). The van der Waals surface area contributed by atoms with E-state index >= 15 is 0 Å². The highest BCUT2D eigenvalue weighted by Crippen LogP contribution is 2.26. The van der Waals surface area contributed by atoms with Crippen molar-refractivity contribution in [3.05, 3.63) is 41.7 Å². The average molecular weight is 201 g/mol. The van der Waals surface area contributed by atoms with Crippen LogP contribution in [0.25, 0.3) is 0 Å². The van der Waals surface area contributed by atoms with Gasteiger partial charge in [-0.1, -0.05) is 12.1 Å². The molecule has 1 aromatic carbocycles. The highest BCUT2D eigenvalue weighted by atomic mass is 15.1. The van der Waals surface area contributed by atoms with E-state index in [1.165, 1.54) is 11.1 Å². The van der Waals surface area contributed by atoms with Crippen molar-refractivity contribution in [3.63, 3.8) is 0 Å². The number of aromatic amines is 1. The van der Waals surface area contributed by atoms with Gasteiger partial charge in [-0.15, -0.1) is 0 Å². The normalized spacial score (nSPS) is 16.1. The summed E-state index contributed by atoms with van der Waals surface area (Å²) in [6.45, 7) is 1.38. The summed E-state index contributed by atoms with van der Waals surface area (Å²) in [5.41, 5.74) is 4.44. The van der Waals surface area contributed by atoms with Gasteiger partial charge in [-0.25, -0.2) is 0 Å². The molecular weight excluding hydrogens is 188 g/mol. The zero-order valence-electron chi connectivity index (χ0n) is 9.20. The first-order valence-electron chi connectivity index (χ1n) is 5.38. The fourth-order valence-electron chi connectivity index (χ4n) is 1.85. The van der Waals surface area contributed by atoms with Crippen LogP contribution < -0.4 is 10.6 Å². The lowest BCUT2D eigenvalue weighted by atomic mass is 10.1. The Kier molecular flexibility index (Phi) is 1.69. The molecule has 3 N–H and O–H groups in total. The smallest absolute Gasteiger partial charge is 0.123 e. The van der Waals surface area contributed by atoms with Gasteiger partial charge in [0.1, 0.15) is 1.41 Å². The Hall–Kier alpha value is -1.81. The molecule has 0 unspecified atom stereocenters. The van der Waals surface area contributed by atoms with Crippen LogP contribution in [0, 0.1) is 0 Å². The molecule has 1 aliphatic heterocycles. The molecule has 0 saturated heterocycles. The topological polar surface area (TPSA) is 52.7 Å². The molecule has 0 aliphatic carbocycles. The zero-order valence-corrected chi connectivity index (χ0v) is 8.20. The molecule has 0 fully saturated rings. The van der Waals surface area contributed by atoms with E-state index < -0.39 is 0 Å². The molecule has 0 bridgehead atoms. The summed E-state index contributed by atoms with van der Waals surface area (Å²) in [6.07, 6.45) is 3.56. The zero-order chi connectivity index (χ0) is 11.0. The number of hydrogen-bond acceptors (Lipinski definition) is 3. The minimum Gasteiger partial charge on any atom is -0.353 e. The van der Waals surface area contributed by atoms with Gasteiger partial charge >= 0.3 is 0 Å². The van der Waals surface area contributed by atoms with Crippen molar-refractivity contribution in [2.75, 3.05) is 5.32 Å². The molecule has 1 aliphatic rings. The van der Waals surface area contributed by atoms with E-state index in [2.05, 4.69) is 21.6 Å². The van der Waals surface area contributed by atoms with E-state index in [4.69, 9.17) is 1.41 Å². The van der Waals surface area contributed by atoms with Crippen LogP contribution in [0.3, 0.4) is 0 Å². The highest BCUT2D eigenvalue weighted by molar-refractivity contribution is 5.64. The van der Waals surface area contributed by atoms with Gasteiger partial charge in [-0.2, -0.15) is 5.10 Å². The van der Waals surface area contributed by atoms with Gasteiger partial charge in [0.15, 0.2) is 0 Å². The maximum atomic E-state index is 7.65. The quantitative estimate of drug-likeness (QED) is 0.694. The molecule has 1 aromatic heterocycles. The molecule has 2 heterocycles. The lowest BCUT2D eigenvalue weighted by Crippen LogP contribution is -2.01. The molecule has 0 spiro atoms. The molecule has 0 radical (unpaired) electrons. The molecule has 0 amide bonds. The molecule has 0 saturated carbocycles. The van der Waals surface area contributed by atoms with Crippen LogP contribution >= 0.6 is 0 Å². The first-order valence-corrected chi connectivity index (χ1v) is 4.93. The van der Waals surface area contributed by atoms with Crippen LogP contribution in [0.5, 0.6) is 0 Å². The predicted molar refractivity (Wildman–Crippen MR) is 58.9 cm³/mol. The third-order valence-corrected chi connectivity index (χ3v) is 2.60. The van der Waals surface area contributed by atoms with Crippen LogP contribution in [0.15, 0.2) is 30.6 Å². The number of hydrogen-bond donors (Lipinski definition) is 3. The Morgan fingerprint density at radius 1 is 1.40 bits per heavy atom. The first kappa shape index (κ1) is 7.48. The van der Waals surface area contributed by atoms with Crippen LogP contribution in [0.1, 0.15) is 11.1 Å². The molecule has 76 valence electrons. The minimum absolute atomic E-state index is 0.677. The lowest BCUT2D eigenvalue weighted by molar-refractivity contribution is 0.765. The molecule has 4 heteroatoms. The monoisotopic (exact) mass is 201 g/mol. The number of aromatic nitrogens is 2. The van der Waals surface area contributed by atoms with Crippen LogP contribution in [0.2, 0.25) is 1.41 Å².